The number of primary amides is 1. The SMILES string of the molecule is CCN(c1nc(C)ccc1C(N)=O)C1CCC(N)CC1. The van der Waals surface area contributed by atoms with Crippen LogP contribution >= 0.6 is 0 Å². The number of hydrogen-bond acceptors (Lipinski definition) is 4. The molecule has 2 rings (SSSR count). The number of aryl methyl sites for hydroxylation is 1. The van der Waals surface area contributed by atoms with E-state index in [4.69, 9.17) is 11.5 Å². The number of nitrogens with zero attached hydrogens (tertiary/aromatic N) is 2. The van der Waals surface area contributed by atoms with E-state index in [-0.39, 0.29) is 0 Å². The zero-order valence-electron chi connectivity index (χ0n) is 12.3. The van der Waals surface area contributed by atoms with E-state index in [2.05, 4.69) is 16.8 Å². The van der Waals surface area contributed by atoms with Gasteiger partial charge in [-0.3, -0.25) is 4.79 Å². The molecular weight excluding hydrogens is 252 g/mol. The molecule has 0 saturated heterocycles. The summed E-state index contributed by atoms with van der Waals surface area (Å²) in [6.45, 7) is 4.83. The van der Waals surface area contributed by atoms with Crippen LogP contribution in [0.15, 0.2) is 12.1 Å². The third-order valence-corrected chi connectivity index (χ3v) is 4.07. The molecule has 0 bridgehead atoms. The van der Waals surface area contributed by atoms with Crippen molar-refractivity contribution < 1.29 is 4.79 Å². The van der Waals surface area contributed by atoms with Crippen LogP contribution in [0.3, 0.4) is 0 Å². The summed E-state index contributed by atoms with van der Waals surface area (Å²) >= 11 is 0. The number of hydrogen-bond donors (Lipinski definition) is 2. The van der Waals surface area contributed by atoms with Crippen molar-refractivity contribution >= 4 is 11.7 Å². The molecule has 0 spiro atoms. The quantitative estimate of drug-likeness (QED) is 0.874. The standard InChI is InChI=1S/C15H24N4O/c1-3-19(12-7-5-11(16)6-8-12)15-13(14(17)20)9-4-10(2)18-15/h4,9,11-12H,3,5-8,16H2,1-2H3,(H2,17,20). The Morgan fingerprint density at radius 1 is 1.35 bits per heavy atom. The van der Waals surface area contributed by atoms with Gasteiger partial charge in [0.15, 0.2) is 0 Å². The number of aromatic nitrogens is 1. The Balaban J connectivity index is 2.31. The summed E-state index contributed by atoms with van der Waals surface area (Å²) in [5.41, 5.74) is 12.9. The van der Waals surface area contributed by atoms with Gasteiger partial charge in [-0.2, -0.15) is 0 Å². The molecule has 1 aliphatic carbocycles. The third kappa shape index (κ3) is 3.10. The zero-order chi connectivity index (χ0) is 14.7. The van der Waals surface area contributed by atoms with Gasteiger partial charge in [-0.15, -0.1) is 0 Å². The number of carbonyl (C=O) groups excluding carboxylic acids is 1. The monoisotopic (exact) mass is 276 g/mol. The van der Waals surface area contributed by atoms with Gasteiger partial charge in [0.1, 0.15) is 5.82 Å². The van der Waals surface area contributed by atoms with E-state index < -0.39 is 5.91 Å². The zero-order valence-corrected chi connectivity index (χ0v) is 12.3. The lowest BCUT2D eigenvalue weighted by Gasteiger charge is -2.37. The van der Waals surface area contributed by atoms with E-state index in [1.165, 1.54) is 0 Å². The minimum atomic E-state index is -0.418. The molecule has 20 heavy (non-hydrogen) atoms. The molecule has 0 radical (unpaired) electrons. The van der Waals surface area contributed by atoms with Crippen molar-refractivity contribution in [2.45, 2.75) is 51.6 Å². The van der Waals surface area contributed by atoms with E-state index in [0.29, 0.717) is 17.6 Å². The second kappa shape index (κ2) is 6.22. The Morgan fingerprint density at radius 3 is 2.55 bits per heavy atom. The van der Waals surface area contributed by atoms with Crippen LogP contribution in [0.1, 0.15) is 48.7 Å². The molecule has 0 atom stereocenters. The van der Waals surface area contributed by atoms with E-state index >= 15 is 0 Å². The summed E-state index contributed by atoms with van der Waals surface area (Å²) in [5, 5.41) is 0. The minimum absolute atomic E-state index is 0.311. The molecule has 0 aliphatic heterocycles. The van der Waals surface area contributed by atoms with E-state index in [0.717, 1.165) is 43.7 Å². The topological polar surface area (TPSA) is 85.2 Å². The molecule has 1 fully saturated rings. The van der Waals surface area contributed by atoms with E-state index in [1.54, 1.807) is 6.07 Å². The van der Waals surface area contributed by atoms with Crippen molar-refractivity contribution in [2.75, 3.05) is 11.4 Å². The Bertz CT molecular complexity index is 481. The molecule has 5 heteroatoms. The van der Waals surface area contributed by atoms with Crippen LogP contribution in [0.4, 0.5) is 5.82 Å². The molecule has 1 heterocycles. The summed E-state index contributed by atoms with van der Waals surface area (Å²) in [5.74, 6) is 0.305. The predicted octanol–water partition coefficient (Wildman–Crippen LogP) is 1.59. The smallest absolute Gasteiger partial charge is 0.252 e. The summed E-state index contributed by atoms with van der Waals surface area (Å²) in [6.07, 6.45) is 4.14. The summed E-state index contributed by atoms with van der Waals surface area (Å²) < 4.78 is 0. The number of nitrogens with two attached hydrogens (primary N) is 2. The van der Waals surface area contributed by atoms with Crippen molar-refractivity contribution in [3.8, 4) is 0 Å². The third-order valence-electron chi connectivity index (χ3n) is 4.07. The largest absolute Gasteiger partial charge is 0.365 e. The van der Waals surface area contributed by atoms with Gasteiger partial charge >= 0.3 is 0 Å². The van der Waals surface area contributed by atoms with Crippen molar-refractivity contribution in [2.24, 2.45) is 11.5 Å². The fraction of sp³-hybridized carbons (Fsp3) is 0.600. The van der Waals surface area contributed by atoms with Crippen LogP contribution in [0, 0.1) is 6.92 Å². The first-order valence-corrected chi connectivity index (χ1v) is 7.32. The Kier molecular flexibility index (Phi) is 4.60. The van der Waals surface area contributed by atoms with Crippen molar-refractivity contribution in [1.82, 2.24) is 4.98 Å². The highest BCUT2D eigenvalue weighted by molar-refractivity contribution is 5.97. The Hall–Kier alpha value is -1.62. The van der Waals surface area contributed by atoms with E-state index in [9.17, 15) is 4.79 Å². The lowest BCUT2D eigenvalue weighted by Crippen LogP contribution is -2.42. The summed E-state index contributed by atoms with van der Waals surface area (Å²) in [7, 11) is 0. The molecule has 1 amide bonds. The number of pyridine rings is 1. The average Bonchev–Trinajstić information content (AvgIpc) is 2.41. The van der Waals surface area contributed by atoms with Gasteiger partial charge in [0.2, 0.25) is 0 Å². The van der Waals surface area contributed by atoms with Crippen LogP contribution in [-0.4, -0.2) is 29.5 Å². The van der Waals surface area contributed by atoms with Gasteiger partial charge in [0.25, 0.3) is 5.91 Å². The lowest BCUT2D eigenvalue weighted by molar-refractivity contribution is 0.100. The number of carbonyl (C=O) groups is 1. The fourth-order valence-corrected chi connectivity index (χ4v) is 2.95. The molecule has 5 nitrogen and oxygen atoms in total. The van der Waals surface area contributed by atoms with Gasteiger partial charge in [-0.25, -0.2) is 4.98 Å². The Labute approximate surface area is 120 Å². The maximum atomic E-state index is 11.6. The first-order valence-electron chi connectivity index (χ1n) is 7.32. The second-order valence-electron chi connectivity index (χ2n) is 5.54. The Morgan fingerprint density at radius 2 is 2.00 bits per heavy atom. The van der Waals surface area contributed by atoms with Crippen LogP contribution in [0.2, 0.25) is 0 Å². The maximum absolute atomic E-state index is 11.6. The molecule has 1 aliphatic rings. The van der Waals surface area contributed by atoms with Gasteiger partial charge in [-0.1, -0.05) is 0 Å². The van der Waals surface area contributed by atoms with Crippen LogP contribution in [-0.2, 0) is 0 Å². The fourth-order valence-electron chi connectivity index (χ4n) is 2.95. The molecular formula is C15H24N4O. The number of anilines is 1. The second-order valence-corrected chi connectivity index (χ2v) is 5.54. The number of rotatable bonds is 4. The van der Waals surface area contributed by atoms with Crippen LogP contribution < -0.4 is 16.4 Å². The highest BCUT2D eigenvalue weighted by Crippen LogP contribution is 2.28. The molecule has 0 unspecified atom stereocenters. The van der Waals surface area contributed by atoms with Crippen molar-refractivity contribution in [3.63, 3.8) is 0 Å². The highest BCUT2D eigenvalue weighted by atomic mass is 16.1. The highest BCUT2D eigenvalue weighted by Gasteiger charge is 2.26. The minimum Gasteiger partial charge on any atom is -0.365 e. The van der Waals surface area contributed by atoms with Gasteiger partial charge in [0, 0.05) is 24.3 Å². The maximum Gasteiger partial charge on any atom is 0.252 e. The van der Waals surface area contributed by atoms with E-state index in [1.807, 2.05) is 13.0 Å². The van der Waals surface area contributed by atoms with Crippen molar-refractivity contribution in [1.29, 1.82) is 0 Å². The number of amides is 1. The molecule has 110 valence electrons. The van der Waals surface area contributed by atoms with Crippen molar-refractivity contribution in [3.05, 3.63) is 23.4 Å². The van der Waals surface area contributed by atoms with Crippen LogP contribution in [0.5, 0.6) is 0 Å². The van der Waals surface area contributed by atoms with Gasteiger partial charge < -0.3 is 16.4 Å². The average molecular weight is 276 g/mol. The molecule has 1 aromatic rings. The molecule has 4 N–H and O–H groups in total. The first kappa shape index (κ1) is 14.8. The van der Waals surface area contributed by atoms with Gasteiger partial charge in [0.05, 0.1) is 5.56 Å². The first-order chi connectivity index (χ1) is 9.52. The molecule has 1 saturated carbocycles. The molecule has 0 aromatic carbocycles. The molecule has 1 aromatic heterocycles. The normalized spacial score (nSPS) is 22.6. The predicted molar refractivity (Wildman–Crippen MR) is 80.7 cm³/mol. The lowest BCUT2D eigenvalue weighted by atomic mass is 9.90. The van der Waals surface area contributed by atoms with Gasteiger partial charge in [-0.05, 0) is 51.7 Å². The summed E-state index contributed by atoms with van der Waals surface area (Å²) in [6, 6.07) is 4.31. The van der Waals surface area contributed by atoms with Crippen LogP contribution in [0.25, 0.3) is 0 Å². The summed E-state index contributed by atoms with van der Waals surface area (Å²) in [4.78, 5) is 18.4.